The number of aromatic nitrogens is 2. The quantitative estimate of drug-likeness (QED) is 0.840. The van der Waals surface area contributed by atoms with Gasteiger partial charge in [-0.25, -0.2) is 13.4 Å². The fraction of sp³-hybridized carbons (Fsp3) is 0.417. The molecule has 0 bridgehead atoms. The van der Waals surface area contributed by atoms with Crippen molar-refractivity contribution >= 4 is 31.6 Å². The van der Waals surface area contributed by atoms with Gasteiger partial charge in [-0.2, -0.15) is 4.31 Å². The van der Waals surface area contributed by atoms with Gasteiger partial charge in [0.05, 0.1) is 6.20 Å². The standard InChI is InChI=1S/C12H14BrN3O2S/c1-9-3-2-6-16(9)19(17,18)12-7-14-11-5-4-10(13)8-15(11)12/h4-5,7-9H,2-3,6H2,1H3/t9-/m1/s1. The molecule has 1 atom stereocenters. The third kappa shape index (κ3) is 2.09. The second kappa shape index (κ2) is 4.57. The van der Waals surface area contributed by atoms with Crippen molar-refractivity contribution in [2.24, 2.45) is 0 Å². The summed E-state index contributed by atoms with van der Waals surface area (Å²) in [5, 5.41) is 0.234. The van der Waals surface area contributed by atoms with Crippen molar-refractivity contribution in [1.82, 2.24) is 13.7 Å². The maximum atomic E-state index is 12.7. The maximum absolute atomic E-state index is 12.7. The number of imidazole rings is 1. The van der Waals surface area contributed by atoms with E-state index >= 15 is 0 Å². The van der Waals surface area contributed by atoms with Crippen LogP contribution >= 0.6 is 15.9 Å². The summed E-state index contributed by atoms with van der Waals surface area (Å²) >= 11 is 3.36. The summed E-state index contributed by atoms with van der Waals surface area (Å²) in [6.45, 7) is 2.54. The Labute approximate surface area is 120 Å². The lowest BCUT2D eigenvalue weighted by Gasteiger charge is -2.20. The molecule has 3 rings (SSSR count). The molecule has 1 aliphatic heterocycles. The molecule has 19 heavy (non-hydrogen) atoms. The summed E-state index contributed by atoms with van der Waals surface area (Å²) in [7, 11) is -3.47. The molecule has 3 heterocycles. The summed E-state index contributed by atoms with van der Waals surface area (Å²) in [6.07, 6.45) is 5.00. The van der Waals surface area contributed by atoms with Crippen LogP contribution in [0, 0.1) is 0 Å². The third-order valence-corrected chi connectivity index (χ3v) is 5.96. The van der Waals surface area contributed by atoms with Crippen molar-refractivity contribution in [3.8, 4) is 0 Å². The van der Waals surface area contributed by atoms with Gasteiger partial charge in [0.25, 0.3) is 10.0 Å². The molecular formula is C12H14BrN3O2S. The van der Waals surface area contributed by atoms with Gasteiger partial charge >= 0.3 is 0 Å². The zero-order valence-corrected chi connectivity index (χ0v) is 12.9. The molecule has 0 radical (unpaired) electrons. The Bertz CT molecular complexity index is 726. The minimum absolute atomic E-state index is 0.0581. The fourth-order valence-corrected chi connectivity index (χ4v) is 4.61. The van der Waals surface area contributed by atoms with Crippen LogP contribution in [0.25, 0.3) is 5.65 Å². The predicted molar refractivity (Wildman–Crippen MR) is 75.5 cm³/mol. The Morgan fingerprint density at radius 3 is 2.89 bits per heavy atom. The number of pyridine rings is 1. The predicted octanol–water partition coefficient (Wildman–Crippen LogP) is 2.27. The highest BCUT2D eigenvalue weighted by molar-refractivity contribution is 9.10. The first-order valence-electron chi connectivity index (χ1n) is 6.14. The van der Waals surface area contributed by atoms with Crippen LogP contribution in [0.5, 0.6) is 0 Å². The Hall–Kier alpha value is -0.920. The molecule has 0 aromatic carbocycles. The Morgan fingerprint density at radius 1 is 1.42 bits per heavy atom. The van der Waals surface area contributed by atoms with E-state index in [2.05, 4.69) is 20.9 Å². The second-order valence-electron chi connectivity index (χ2n) is 4.78. The lowest BCUT2D eigenvalue weighted by molar-refractivity contribution is 0.406. The van der Waals surface area contributed by atoms with E-state index in [0.717, 1.165) is 17.3 Å². The normalized spacial score (nSPS) is 21.3. The van der Waals surface area contributed by atoms with Crippen LogP contribution in [0.1, 0.15) is 19.8 Å². The van der Waals surface area contributed by atoms with E-state index in [1.807, 2.05) is 13.0 Å². The van der Waals surface area contributed by atoms with Gasteiger partial charge in [0.1, 0.15) is 5.65 Å². The van der Waals surface area contributed by atoms with Crippen LogP contribution in [0.15, 0.2) is 34.0 Å². The lowest BCUT2D eigenvalue weighted by atomic mass is 10.3. The van der Waals surface area contributed by atoms with Crippen LogP contribution in [-0.2, 0) is 10.0 Å². The summed E-state index contributed by atoms with van der Waals surface area (Å²) in [4.78, 5) is 4.16. The lowest BCUT2D eigenvalue weighted by Crippen LogP contribution is -2.34. The van der Waals surface area contributed by atoms with E-state index in [9.17, 15) is 8.42 Å². The van der Waals surface area contributed by atoms with Crippen LogP contribution in [0.2, 0.25) is 0 Å². The number of rotatable bonds is 2. The average Bonchev–Trinajstić information content (AvgIpc) is 2.94. The monoisotopic (exact) mass is 343 g/mol. The highest BCUT2D eigenvalue weighted by Gasteiger charge is 2.34. The van der Waals surface area contributed by atoms with Gasteiger partial charge in [-0.15, -0.1) is 0 Å². The van der Waals surface area contributed by atoms with E-state index in [4.69, 9.17) is 0 Å². The molecule has 0 amide bonds. The minimum atomic E-state index is -3.47. The Balaban J connectivity index is 2.16. The largest absolute Gasteiger partial charge is 0.288 e. The molecular weight excluding hydrogens is 330 g/mol. The molecule has 7 heteroatoms. The van der Waals surface area contributed by atoms with E-state index in [-0.39, 0.29) is 11.1 Å². The van der Waals surface area contributed by atoms with Crippen molar-refractivity contribution in [2.75, 3.05) is 6.54 Å². The summed E-state index contributed by atoms with van der Waals surface area (Å²) in [6, 6.07) is 3.69. The van der Waals surface area contributed by atoms with Crippen LogP contribution in [0.4, 0.5) is 0 Å². The molecule has 1 saturated heterocycles. The van der Waals surface area contributed by atoms with Crippen LogP contribution < -0.4 is 0 Å². The van der Waals surface area contributed by atoms with Crippen molar-refractivity contribution in [2.45, 2.75) is 30.8 Å². The highest BCUT2D eigenvalue weighted by atomic mass is 79.9. The number of halogens is 1. The zero-order valence-electron chi connectivity index (χ0n) is 10.5. The van der Waals surface area contributed by atoms with E-state index in [1.165, 1.54) is 6.20 Å². The fourth-order valence-electron chi connectivity index (χ4n) is 2.51. The third-order valence-electron chi connectivity index (χ3n) is 3.50. The molecule has 0 saturated carbocycles. The summed E-state index contributed by atoms with van der Waals surface area (Å²) < 4.78 is 29.4. The second-order valence-corrected chi connectivity index (χ2v) is 7.53. The van der Waals surface area contributed by atoms with Crippen molar-refractivity contribution in [3.05, 3.63) is 29.0 Å². The Kier molecular flexibility index (Phi) is 3.15. The summed E-state index contributed by atoms with van der Waals surface area (Å²) in [5.74, 6) is 0. The van der Waals surface area contributed by atoms with Crippen LogP contribution in [0.3, 0.4) is 0 Å². The van der Waals surface area contributed by atoms with Gasteiger partial charge in [-0.05, 0) is 47.8 Å². The van der Waals surface area contributed by atoms with Gasteiger partial charge in [-0.3, -0.25) is 4.40 Å². The van der Waals surface area contributed by atoms with Gasteiger partial charge in [0.15, 0.2) is 5.03 Å². The maximum Gasteiger partial charge on any atom is 0.260 e. The summed E-state index contributed by atoms with van der Waals surface area (Å²) in [5.41, 5.74) is 0.633. The SMILES string of the molecule is C[C@@H]1CCCN1S(=O)(=O)c1cnc2ccc(Br)cn12. The number of sulfonamides is 1. The van der Waals surface area contributed by atoms with E-state index in [0.29, 0.717) is 12.2 Å². The number of nitrogens with zero attached hydrogens (tertiary/aromatic N) is 3. The van der Waals surface area contributed by atoms with Gasteiger partial charge in [-0.1, -0.05) is 0 Å². The molecule has 0 unspecified atom stereocenters. The smallest absolute Gasteiger partial charge is 0.260 e. The molecule has 1 aliphatic rings. The molecule has 0 aliphatic carbocycles. The first-order valence-corrected chi connectivity index (χ1v) is 8.38. The van der Waals surface area contributed by atoms with Gasteiger partial charge in [0, 0.05) is 23.3 Å². The molecule has 2 aromatic rings. The number of fused-ring (bicyclic) bond motifs is 1. The molecule has 0 spiro atoms. The van der Waals surface area contributed by atoms with Gasteiger partial charge < -0.3 is 0 Å². The van der Waals surface area contributed by atoms with Gasteiger partial charge in [0.2, 0.25) is 0 Å². The van der Waals surface area contributed by atoms with Crippen LogP contribution in [-0.4, -0.2) is 34.7 Å². The zero-order chi connectivity index (χ0) is 13.6. The van der Waals surface area contributed by atoms with E-state index in [1.54, 1.807) is 21.0 Å². The van der Waals surface area contributed by atoms with Crippen molar-refractivity contribution < 1.29 is 8.42 Å². The van der Waals surface area contributed by atoms with E-state index < -0.39 is 10.0 Å². The molecule has 5 nitrogen and oxygen atoms in total. The molecule has 102 valence electrons. The highest BCUT2D eigenvalue weighted by Crippen LogP contribution is 2.26. The number of hydrogen-bond donors (Lipinski definition) is 0. The molecule has 0 N–H and O–H groups in total. The van der Waals surface area contributed by atoms with Crippen molar-refractivity contribution in [1.29, 1.82) is 0 Å². The number of hydrogen-bond acceptors (Lipinski definition) is 3. The molecule has 2 aromatic heterocycles. The first kappa shape index (κ1) is 13.1. The first-order chi connectivity index (χ1) is 9.00. The minimum Gasteiger partial charge on any atom is -0.288 e. The average molecular weight is 344 g/mol. The van der Waals surface area contributed by atoms with Crippen molar-refractivity contribution in [3.63, 3.8) is 0 Å². The molecule has 1 fully saturated rings. The topological polar surface area (TPSA) is 54.7 Å². The Morgan fingerprint density at radius 2 is 2.21 bits per heavy atom.